The fourth-order valence-electron chi connectivity index (χ4n) is 1.27. The molecule has 0 bridgehead atoms. The first kappa shape index (κ1) is 12.4. The first-order valence-electron chi connectivity index (χ1n) is 5.13. The SMILES string of the molecule is Nc1ncnc(N/N=C\c2ccccn2)c1[N+](=O)[O-]. The Labute approximate surface area is 107 Å². The highest BCUT2D eigenvalue weighted by Gasteiger charge is 2.20. The van der Waals surface area contributed by atoms with Crippen molar-refractivity contribution in [3.8, 4) is 0 Å². The topological polar surface area (TPSA) is 132 Å². The summed E-state index contributed by atoms with van der Waals surface area (Å²) in [6, 6.07) is 5.29. The van der Waals surface area contributed by atoms with Crippen molar-refractivity contribution in [3.05, 3.63) is 46.5 Å². The number of nitrogen functional groups attached to an aromatic ring is 1. The second kappa shape index (κ2) is 5.49. The van der Waals surface area contributed by atoms with Crippen LogP contribution in [0.1, 0.15) is 5.69 Å². The molecule has 3 N–H and O–H groups in total. The number of hydrogen-bond acceptors (Lipinski definition) is 8. The summed E-state index contributed by atoms with van der Waals surface area (Å²) in [5.74, 6) is -0.305. The molecule has 9 heteroatoms. The molecule has 0 unspecified atom stereocenters. The van der Waals surface area contributed by atoms with Crippen molar-refractivity contribution < 1.29 is 4.92 Å². The highest BCUT2D eigenvalue weighted by Crippen LogP contribution is 2.25. The van der Waals surface area contributed by atoms with Gasteiger partial charge in [-0.05, 0) is 12.1 Å². The van der Waals surface area contributed by atoms with E-state index in [0.717, 1.165) is 6.33 Å². The lowest BCUT2D eigenvalue weighted by atomic mass is 10.4. The fraction of sp³-hybridized carbons (Fsp3) is 0. The van der Waals surface area contributed by atoms with Crippen LogP contribution in [-0.4, -0.2) is 26.1 Å². The minimum Gasteiger partial charge on any atom is -0.378 e. The molecular weight excluding hydrogens is 250 g/mol. The summed E-state index contributed by atoms with van der Waals surface area (Å²) in [5.41, 5.74) is 8.03. The molecule has 2 aromatic rings. The first-order valence-corrected chi connectivity index (χ1v) is 5.13. The van der Waals surface area contributed by atoms with Gasteiger partial charge in [-0.25, -0.2) is 9.97 Å². The highest BCUT2D eigenvalue weighted by atomic mass is 16.6. The second-order valence-corrected chi connectivity index (χ2v) is 3.34. The number of rotatable bonds is 4. The van der Waals surface area contributed by atoms with Gasteiger partial charge in [0.25, 0.3) is 0 Å². The number of nitrogens with two attached hydrogens (primary N) is 1. The van der Waals surface area contributed by atoms with E-state index >= 15 is 0 Å². The molecule has 2 aromatic heterocycles. The van der Waals surface area contributed by atoms with Crippen LogP contribution in [-0.2, 0) is 0 Å². The Balaban J connectivity index is 2.18. The quantitative estimate of drug-likeness (QED) is 0.471. The van der Waals surface area contributed by atoms with E-state index in [1.54, 1.807) is 24.4 Å². The Hall–Kier alpha value is -3.10. The van der Waals surface area contributed by atoms with E-state index in [2.05, 4.69) is 25.5 Å². The largest absolute Gasteiger partial charge is 0.378 e. The van der Waals surface area contributed by atoms with Crippen molar-refractivity contribution in [2.24, 2.45) is 5.10 Å². The maximum Gasteiger partial charge on any atom is 0.354 e. The maximum absolute atomic E-state index is 10.8. The van der Waals surface area contributed by atoms with Gasteiger partial charge in [-0.15, -0.1) is 0 Å². The van der Waals surface area contributed by atoms with Gasteiger partial charge in [0, 0.05) is 6.20 Å². The number of pyridine rings is 1. The summed E-state index contributed by atoms with van der Waals surface area (Å²) in [6.45, 7) is 0. The minimum absolute atomic E-state index is 0.0790. The Morgan fingerprint density at radius 1 is 1.37 bits per heavy atom. The predicted molar refractivity (Wildman–Crippen MR) is 68.6 cm³/mol. The lowest BCUT2D eigenvalue weighted by Crippen LogP contribution is -2.04. The molecule has 0 aromatic carbocycles. The molecule has 9 nitrogen and oxygen atoms in total. The van der Waals surface area contributed by atoms with Crippen molar-refractivity contribution in [3.63, 3.8) is 0 Å². The Kier molecular flexibility index (Phi) is 3.57. The van der Waals surface area contributed by atoms with Crippen LogP contribution in [0, 0.1) is 10.1 Å². The van der Waals surface area contributed by atoms with Crippen LogP contribution in [0.4, 0.5) is 17.3 Å². The highest BCUT2D eigenvalue weighted by molar-refractivity contribution is 5.78. The summed E-state index contributed by atoms with van der Waals surface area (Å²) in [4.78, 5) is 21.4. The molecule has 0 atom stereocenters. The Morgan fingerprint density at radius 2 is 2.21 bits per heavy atom. The van der Waals surface area contributed by atoms with Gasteiger partial charge in [0.2, 0.25) is 11.6 Å². The van der Waals surface area contributed by atoms with E-state index in [-0.39, 0.29) is 11.6 Å². The summed E-state index contributed by atoms with van der Waals surface area (Å²) in [5, 5.41) is 14.6. The summed E-state index contributed by atoms with van der Waals surface area (Å²) in [7, 11) is 0. The normalized spacial score (nSPS) is 10.5. The monoisotopic (exact) mass is 259 g/mol. The molecule has 2 rings (SSSR count). The molecule has 0 radical (unpaired) electrons. The smallest absolute Gasteiger partial charge is 0.354 e. The Bertz CT molecular complexity index is 615. The average molecular weight is 259 g/mol. The summed E-state index contributed by atoms with van der Waals surface area (Å²) in [6.07, 6.45) is 4.12. The third kappa shape index (κ3) is 2.97. The molecule has 0 amide bonds. The molecule has 0 aliphatic carbocycles. The van der Waals surface area contributed by atoms with Crippen LogP contribution >= 0.6 is 0 Å². The van der Waals surface area contributed by atoms with Crippen molar-refractivity contribution in [1.82, 2.24) is 15.0 Å². The maximum atomic E-state index is 10.8. The van der Waals surface area contributed by atoms with Crippen LogP contribution in [0.2, 0.25) is 0 Å². The lowest BCUT2D eigenvalue weighted by Gasteiger charge is -2.01. The van der Waals surface area contributed by atoms with Gasteiger partial charge >= 0.3 is 5.69 Å². The van der Waals surface area contributed by atoms with Gasteiger partial charge in [-0.3, -0.25) is 20.5 Å². The fourth-order valence-corrected chi connectivity index (χ4v) is 1.27. The summed E-state index contributed by atoms with van der Waals surface area (Å²) >= 11 is 0. The van der Waals surface area contributed by atoms with Crippen molar-refractivity contribution >= 4 is 23.5 Å². The molecule has 19 heavy (non-hydrogen) atoms. The third-order valence-corrected chi connectivity index (χ3v) is 2.09. The predicted octanol–water partition coefficient (Wildman–Crippen LogP) is 0.808. The van der Waals surface area contributed by atoms with Crippen molar-refractivity contribution in [2.45, 2.75) is 0 Å². The number of nitrogens with zero attached hydrogens (tertiary/aromatic N) is 5. The number of nitro groups is 1. The standard InChI is InChI=1S/C10H9N7O2/c11-9-8(17(18)19)10(14-6-13-9)16-15-5-7-3-1-2-4-12-7/h1-6H,(H3,11,13,14,16)/b15-5-. The number of anilines is 2. The van der Waals surface area contributed by atoms with E-state index in [1.165, 1.54) is 6.21 Å². The number of hydrogen-bond donors (Lipinski definition) is 2. The van der Waals surface area contributed by atoms with E-state index in [9.17, 15) is 10.1 Å². The van der Waals surface area contributed by atoms with E-state index in [4.69, 9.17) is 5.73 Å². The minimum atomic E-state index is -0.673. The third-order valence-electron chi connectivity index (χ3n) is 2.09. The number of aromatic nitrogens is 3. The molecule has 0 spiro atoms. The zero-order chi connectivity index (χ0) is 13.7. The zero-order valence-electron chi connectivity index (χ0n) is 9.59. The van der Waals surface area contributed by atoms with Gasteiger partial charge < -0.3 is 5.73 Å². The van der Waals surface area contributed by atoms with Gasteiger partial charge in [-0.1, -0.05) is 6.07 Å². The number of hydrazone groups is 1. The van der Waals surface area contributed by atoms with Gasteiger partial charge in [-0.2, -0.15) is 5.10 Å². The van der Waals surface area contributed by atoms with Crippen LogP contribution in [0.3, 0.4) is 0 Å². The van der Waals surface area contributed by atoms with Crippen molar-refractivity contribution in [1.29, 1.82) is 0 Å². The van der Waals surface area contributed by atoms with E-state index in [1.807, 2.05) is 0 Å². The van der Waals surface area contributed by atoms with E-state index < -0.39 is 10.6 Å². The van der Waals surface area contributed by atoms with E-state index in [0.29, 0.717) is 5.69 Å². The van der Waals surface area contributed by atoms with Crippen LogP contribution in [0.15, 0.2) is 35.8 Å². The van der Waals surface area contributed by atoms with Gasteiger partial charge in [0.05, 0.1) is 16.8 Å². The molecular formula is C10H9N7O2. The Morgan fingerprint density at radius 3 is 2.89 bits per heavy atom. The lowest BCUT2D eigenvalue weighted by molar-refractivity contribution is -0.383. The van der Waals surface area contributed by atoms with Crippen LogP contribution in [0.5, 0.6) is 0 Å². The molecule has 2 heterocycles. The van der Waals surface area contributed by atoms with Crippen molar-refractivity contribution in [2.75, 3.05) is 11.2 Å². The molecule has 0 saturated heterocycles. The summed E-state index contributed by atoms with van der Waals surface area (Å²) < 4.78 is 0. The molecule has 0 aliphatic rings. The second-order valence-electron chi connectivity index (χ2n) is 3.34. The molecule has 0 aliphatic heterocycles. The molecule has 96 valence electrons. The van der Waals surface area contributed by atoms with Gasteiger partial charge in [0.15, 0.2) is 0 Å². The van der Waals surface area contributed by atoms with Crippen LogP contribution < -0.4 is 11.2 Å². The van der Waals surface area contributed by atoms with Gasteiger partial charge in [0.1, 0.15) is 6.33 Å². The zero-order valence-corrected chi connectivity index (χ0v) is 9.59. The number of nitrogens with one attached hydrogen (secondary N) is 1. The molecule has 0 saturated carbocycles. The average Bonchev–Trinajstić information content (AvgIpc) is 2.39. The first-order chi connectivity index (χ1) is 9.18. The van der Waals surface area contributed by atoms with Crippen LogP contribution in [0.25, 0.3) is 0 Å². The molecule has 0 fully saturated rings.